The van der Waals surface area contributed by atoms with Crippen molar-refractivity contribution >= 4 is 33.7 Å². The average molecular weight is 399 g/mol. The Kier molecular flexibility index (Phi) is 4.39. The van der Waals surface area contributed by atoms with Gasteiger partial charge in [-0.15, -0.1) is 0 Å². The van der Waals surface area contributed by atoms with Crippen molar-refractivity contribution in [3.05, 3.63) is 55.5 Å². The lowest BCUT2D eigenvalue weighted by Crippen LogP contribution is -2.40. The van der Waals surface area contributed by atoms with Crippen molar-refractivity contribution in [3.8, 4) is 11.3 Å². The summed E-state index contributed by atoms with van der Waals surface area (Å²) in [5, 5.41) is 6.67. The minimum absolute atomic E-state index is 0.00956. The molecule has 5 rings (SSSR count). The molecule has 0 aliphatic carbocycles. The maximum Gasteiger partial charge on any atom is 0.246 e. The minimum atomic E-state index is -0.0624. The minimum Gasteiger partial charge on any atom is -0.383 e. The van der Waals surface area contributed by atoms with E-state index in [0.717, 1.165) is 46.9 Å². The molecule has 1 amide bonds. The van der Waals surface area contributed by atoms with Crippen LogP contribution in [0.5, 0.6) is 0 Å². The van der Waals surface area contributed by atoms with E-state index in [1.807, 2.05) is 28.9 Å². The number of fused-ring (bicyclic) bond motifs is 2. The average Bonchev–Trinajstić information content (AvgIpc) is 3.19. The molecular formula is C22H21N7O. The first-order valence-corrected chi connectivity index (χ1v) is 9.91. The van der Waals surface area contributed by atoms with Gasteiger partial charge in [-0.2, -0.15) is 5.10 Å². The summed E-state index contributed by atoms with van der Waals surface area (Å²) in [5.41, 5.74) is 9.51. The summed E-state index contributed by atoms with van der Waals surface area (Å²) in [4.78, 5) is 27.0. The number of anilines is 1. The van der Waals surface area contributed by atoms with Crippen LogP contribution in [0.2, 0.25) is 0 Å². The number of pyridine rings is 1. The highest BCUT2D eigenvalue weighted by atomic mass is 16.2. The second-order valence-corrected chi connectivity index (χ2v) is 7.45. The van der Waals surface area contributed by atoms with Crippen LogP contribution >= 0.6 is 0 Å². The molecule has 30 heavy (non-hydrogen) atoms. The molecule has 4 heterocycles. The highest BCUT2D eigenvalue weighted by molar-refractivity contribution is 5.99. The molecule has 0 unspecified atom stereocenters. The van der Waals surface area contributed by atoms with Crippen LogP contribution in [0, 0.1) is 0 Å². The third kappa shape index (κ3) is 2.97. The summed E-state index contributed by atoms with van der Waals surface area (Å²) in [6.07, 6.45) is 6.39. The molecule has 2 N–H and O–H groups in total. The Balaban J connectivity index is 1.65. The van der Waals surface area contributed by atoms with Crippen molar-refractivity contribution < 1.29 is 4.79 Å². The van der Waals surface area contributed by atoms with Crippen LogP contribution in [0.4, 0.5) is 5.82 Å². The van der Waals surface area contributed by atoms with E-state index in [9.17, 15) is 4.79 Å². The highest BCUT2D eigenvalue weighted by Gasteiger charge is 2.28. The first kappa shape index (κ1) is 18.2. The standard InChI is InChI=1S/C22H21N7O/c1-2-18(30)28-10-4-6-16(12-28)29-22-19(21(23)25-13-26-22)20(27-29)15-7-8-17-14(11-15)5-3-9-24-17/h2-3,5,7-9,11,13,16H,1,4,6,10,12H2,(H2,23,25,26)/t16-/m1/s1. The Morgan fingerprint density at radius 1 is 1.23 bits per heavy atom. The number of nitrogen functional groups attached to an aromatic ring is 1. The predicted molar refractivity (Wildman–Crippen MR) is 116 cm³/mol. The van der Waals surface area contributed by atoms with Crippen LogP contribution in [0.3, 0.4) is 0 Å². The third-order valence-electron chi connectivity index (χ3n) is 5.62. The number of nitrogens with zero attached hydrogens (tertiary/aromatic N) is 6. The van der Waals surface area contributed by atoms with Crippen molar-refractivity contribution in [2.24, 2.45) is 0 Å². The molecule has 8 heteroatoms. The van der Waals surface area contributed by atoms with Gasteiger partial charge in [0.05, 0.1) is 16.9 Å². The van der Waals surface area contributed by atoms with Crippen LogP contribution in [-0.4, -0.2) is 48.6 Å². The van der Waals surface area contributed by atoms with Crippen LogP contribution in [0.1, 0.15) is 18.9 Å². The number of hydrogen-bond donors (Lipinski definition) is 1. The van der Waals surface area contributed by atoms with Gasteiger partial charge in [-0.1, -0.05) is 18.7 Å². The Hall–Kier alpha value is -3.81. The third-order valence-corrected chi connectivity index (χ3v) is 5.62. The fourth-order valence-corrected chi connectivity index (χ4v) is 4.16. The van der Waals surface area contributed by atoms with Crippen molar-refractivity contribution in [3.63, 3.8) is 0 Å². The zero-order chi connectivity index (χ0) is 20.7. The summed E-state index contributed by atoms with van der Waals surface area (Å²) in [5.74, 6) is 0.329. The Morgan fingerprint density at radius 2 is 2.13 bits per heavy atom. The lowest BCUT2D eigenvalue weighted by molar-refractivity contribution is -0.127. The maximum atomic E-state index is 12.1. The maximum absolute atomic E-state index is 12.1. The van der Waals surface area contributed by atoms with E-state index in [1.54, 1.807) is 11.1 Å². The summed E-state index contributed by atoms with van der Waals surface area (Å²) in [7, 11) is 0. The van der Waals surface area contributed by atoms with E-state index < -0.39 is 0 Å². The van der Waals surface area contributed by atoms with Crippen LogP contribution < -0.4 is 5.73 Å². The van der Waals surface area contributed by atoms with Crippen LogP contribution in [0.15, 0.2) is 55.5 Å². The summed E-state index contributed by atoms with van der Waals surface area (Å²) in [6, 6.07) is 9.95. The number of nitrogens with two attached hydrogens (primary N) is 1. The topological polar surface area (TPSA) is 103 Å². The van der Waals surface area contributed by atoms with E-state index in [1.165, 1.54) is 12.4 Å². The van der Waals surface area contributed by atoms with Gasteiger partial charge in [0, 0.05) is 30.2 Å². The molecule has 1 atom stereocenters. The second kappa shape index (κ2) is 7.22. The molecule has 1 fully saturated rings. The smallest absolute Gasteiger partial charge is 0.246 e. The van der Waals surface area contributed by atoms with E-state index in [-0.39, 0.29) is 11.9 Å². The monoisotopic (exact) mass is 399 g/mol. The first-order valence-electron chi connectivity index (χ1n) is 9.91. The Bertz CT molecular complexity index is 1280. The van der Waals surface area contributed by atoms with Gasteiger partial charge in [0.15, 0.2) is 5.65 Å². The predicted octanol–water partition coefficient (Wildman–Crippen LogP) is 2.97. The number of carbonyl (C=O) groups is 1. The number of benzene rings is 1. The molecule has 4 aromatic rings. The highest BCUT2D eigenvalue weighted by Crippen LogP contribution is 2.34. The van der Waals surface area contributed by atoms with Crippen LogP contribution in [0.25, 0.3) is 33.2 Å². The molecule has 0 radical (unpaired) electrons. The quantitative estimate of drug-likeness (QED) is 0.531. The summed E-state index contributed by atoms with van der Waals surface area (Å²) in [6.45, 7) is 4.89. The van der Waals surface area contributed by atoms with E-state index >= 15 is 0 Å². The normalized spacial score (nSPS) is 16.8. The van der Waals surface area contributed by atoms with Crippen molar-refractivity contribution in [1.82, 2.24) is 29.6 Å². The number of rotatable bonds is 3. The number of aromatic nitrogens is 5. The summed E-state index contributed by atoms with van der Waals surface area (Å²) >= 11 is 0. The number of piperidine rings is 1. The zero-order valence-electron chi connectivity index (χ0n) is 16.4. The largest absolute Gasteiger partial charge is 0.383 e. The Morgan fingerprint density at radius 3 is 3.00 bits per heavy atom. The van der Waals surface area contributed by atoms with Crippen molar-refractivity contribution in [2.75, 3.05) is 18.8 Å². The van der Waals surface area contributed by atoms with Gasteiger partial charge in [0.1, 0.15) is 17.8 Å². The Labute approximate surface area is 173 Å². The number of amides is 1. The number of carbonyl (C=O) groups excluding carboxylic acids is 1. The van der Waals surface area contributed by atoms with E-state index in [4.69, 9.17) is 10.8 Å². The molecule has 1 aliphatic rings. The molecule has 0 spiro atoms. The van der Waals surface area contributed by atoms with E-state index in [2.05, 4.69) is 27.6 Å². The number of hydrogen-bond acceptors (Lipinski definition) is 6. The molecule has 3 aromatic heterocycles. The molecule has 8 nitrogen and oxygen atoms in total. The van der Waals surface area contributed by atoms with Gasteiger partial charge in [-0.05, 0) is 37.1 Å². The lowest BCUT2D eigenvalue weighted by atomic mass is 10.1. The van der Waals surface area contributed by atoms with Gasteiger partial charge >= 0.3 is 0 Å². The summed E-state index contributed by atoms with van der Waals surface area (Å²) < 4.78 is 1.90. The van der Waals surface area contributed by atoms with Crippen molar-refractivity contribution in [1.29, 1.82) is 0 Å². The lowest BCUT2D eigenvalue weighted by Gasteiger charge is -2.32. The fraction of sp³-hybridized carbons (Fsp3) is 0.227. The van der Waals surface area contributed by atoms with Crippen LogP contribution in [-0.2, 0) is 4.79 Å². The molecule has 0 saturated carbocycles. The van der Waals surface area contributed by atoms with Gasteiger partial charge in [-0.3, -0.25) is 9.78 Å². The molecule has 1 aliphatic heterocycles. The van der Waals surface area contributed by atoms with Gasteiger partial charge < -0.3 is 10.6 Å². The molecule has 1 saturated heterocycles. The van der Waals surface area contributed by atoms with Gasteiger partial charge in [0.2, 0.25) is 5.91 Å². The zero-order valence-corrected chi connectivity index (χ0v) is 16.4. The van der Waals surface area contributed by atoms with Gasteiger partial charge in [-0.25, -0.2) is 14.6 Å². The second-order valence-electron chi connectivity index (χ2n) is 7.45. The van der Waals surface area contributed by atoms with Gasteiger partial charge in [0.25, 0.3) is 0 Å². The molecule has 1 aromatic carbocycles. The van der Waals surface area contributed by atoms with E-state index in [0.29, 0.717) is 18.0 Å². The fourth-order valence-electron chi connectivity index (χ4n) is 4.16. The number of likely N-dealkylation sites (tertiary alicyclic amines) is 1. The first-order chi connectivity index (χ1) is 14.7. The molecule has 0 bridgehead atoms. The van der Waals surface area contributed by atoms with Crippen molar-refractivity contribution in [2.45, 2.75) is 18.9 Å². The SMILES string of the molecule is C=CC(=O)N1CCC[C@@H](n2nc(-c3ccc4ncccc4c3)c3c(N)ncnc32)C1. The molecule has 150 valence electrons. The molecular weight excluding hydrogens is 378 g/mol.